The van der Waals surface area contributed by atoms with Crippen LogP contribution in [0.4, 0.5) is 0 Å². The summed E-state index contributed by atoms with van der Waals surface area (Å²) < 4.78 is 5.30. The first kappa shape index (κ1) is 16.9. The Morgan fingerprint density at radius 1 is 1.18 bits per heavy atom. The molecule has 122 valence electrons. The van der Waals surface area contributed by atoms with E-state index < -0.39 is 11.9 Å². The lowest BCUT2D eigenvalue weighted by Crippen LogP contribution is -2.36. The Morgan fingerprint density at radius 3 is 2.55 bits per heavy atom. The number of allylic oxidation sites excluding steroid dienone is 1. The van der Waals surface area contributed by atoms with Crippen molar-refractivity contribution in [3.63, 3.8) is 0 Å². The van der Waals surface area contributed by atoms with E-state index in [0.717, 1.165) is 12.8 Å². The molecule has 0 spiro atoms. The highest BCUT2D eigenvalue weighted by Gasteiger charge is 2.39. The Hall–Kier alpha value is -1.45. The minimum Gasteiger partial charge on any atom is -0.460 e. The lowest BCUT2D eigenvalue weighted by Gasteiger charge is -2.33. The smallest absolute Gasteiger partial charge is 0.316 e. The number of esters is 1. The summed E-state index contributed by atoms with van der Waals surface area (Å²) in [4.78, 5) is 36.1. The molecule has 0 saturated heterocycles. The van der Waals surface area contributed by atoms with E-state index in [1.54, 1.807) is 0 Å². The first-order chi connectivity index (χ1) is 10.1. The highest BCUT2D eigenvalue weighted by molar-refractivity contribution is 6.00. The van der Waals surface area contributed by atoms with E-state index >= 15 is 0 Å². The standard InChI is InChI=1S/C18H26O4/c1-17(2)7-5-14(19)12(9-17)11-22-16(21)13-10-18(3,4)8-6-15(13)20/h9,13H,5-8,10-11H2,1-4H3. The van der Waals surface area contributed by atoms with Crippen LogP contribution in [0.1, 0.15) is 59.8 Å². The van der Waals surface area contributed by atoms with Crippen LogP contribution in [-0.4, -0.2) is 24.1 Å². The molecule has 22 heavy (non-hydrogen) atoms. The second-order valence-electron chi connectivity index (χ2n) is 8.08. The van der Waals surface area contributed by atoms with Crippen LogP contribution >= 0.6 is 0 Å². The largest absolute Gasteiger partial charge is 0.460 e. The molecule has 4 heteroatoms. The van der Waals surface area contributed by atoms with E-state index in [4.69, 9.17) is 4.74 Å². The van der Waals surface area contributed by atoms with Crippen LogP contribution in [0.25, 0.3) is 0 Å². The Kier molecular flexibility index (Phi) is 4.59. The molecule has 0 aliphatic heterocycles. The van der Waals surface area contributed by atoms with Gasteiger partial charge in [0.2, 0.25) is 0 Å². The maximum absolute atomic E-state index is 12.2. The summed E-state index contributed by atoms with van der Waals surface area (Å²) in [6.07, 6.45) is 4.99. The maximum Gasteiger partial charge on any atom is 0.316 e. The van der Waals surface area contributed by atoms with Gasteiger partial charge in [-0.3, -0.25) is 14.4 Å². The number of hydrogen-bond donors (Lipinski definition) is 0. The van der Waals surface area contributed by atoms with Gasteiger partial charge in [-0.15, -0.1) is 0 Å². The van der Waals surface area contributed by atoms with Gasteiger partial charge >= 0.3 is 5.97 Å². The zero-order valence-corrected chi connectivity index (χ0v) is 14.0. The number of carbonyl (C=O) groups excluding carboxylic acids is 3. The van der Waals surface area contributed by atoms with Crippen LogP contribution in [-0.2, 0) is 19.1 Å². The molecule has 0 aromatic rings. The summed E-state index contributed by atoms with van der Waals surface area (Å²) in [6, 6.07) is 0. The highest BCUT2D eigenvalue weighted by Crippen LogP contribution is 2.37. The molecule has 0 radical (unpaired) electrons. The molecular formula is C18H26O4. The third-order valence-corrected chi connectivity index (χ3v) is 4.77. The minimum atomic E-state index is -0.670. The molecule has 0 N–H and O–H groups in total. The van der Waals surface area contributed by atoms with E-state index in [0.29, 0.717) is 24.8 Å². The average Bonchev–Trinajstić information content (AvgIpc) is 2.42. The van der Waals surface area contributed by atoms with Crippen molar-refractivity contribution in [2.75, 3.05) is 6.61 Å². The summed E-state index contributed by atoms with van der Waals surface area (Å²) in [5, 5.41) is 0. The summed E-state index contributed by atoms with van der Waals surface area (Å²) in [5.41, 5.74) is 0.504. The molecule has 2 rings (SSSR count). The zero-order chi connectivity index (χ0) is 16.5. The number of hydrogen-bond acceptors (Lipinski definition) is 4. The Labute approximate surface area is 132 Å². The van der Waals surface area contributed by atoms with Gasteiger partial charge in [0, 0.05) is 18.4 Å². The molecular weight excluding hydrogens is 280 g/mol. The average molecular weight is 306 g/mol. The second kappa shape index (κ2) is 5.98. The fraction of sp³-hybridized carbons (Fsp3) is 0.722. The lowest BCUT2D eigenvalue weighted by atomic mass is 9.71. The fourth-order valence-corrected chi connectivity index (χ4v) is 3.21. The van der Waals surface area contributed by atoms with Crippen molar-refractivity contribution < 1.29 is 19.1 Å². The van der Waals surface area contributed by atoms with Crippen molar-refractivity contribution in [1.82, 2.24) is 0 Å². The monoisotopic (exact) mass is 306 g/mol. The van der Waals surface area contributed by atoms with Gasteiger partial charge in [0.15, 0.2) is 5.78 Å². The van der Waals surface area contributed by atoms with Gasteiger partial charge in [0.05, 0.1) is 0 Å². The molecule has 1 unspecified atom stereocenters. The van der Waals surface area contributed by atoms with Crippen LogP contribution in [0, 0.1) is 16.7 Å². The zero-order valence-electron chi connectivity index (χ0n) is 14.0. The summed E-state index contributed by atoms with van der Waals surface area (Å²) in [5.74, 6) is -1.14. The van der Waals surface area contributed by atoms with Crippen molar-refractivity contribution in [1.29, 1.82) is 0 Å². The van der Waals surface area contributed by atoms with Gasteiger partial charge < -0.3 is 4.74 Å². The van der Waals surface area contributed by atoms with E-state index in [1.807, 2.05) is 6.08 Å². The Balaban J connectivity index is 1.99. The Morgan fingerprint density at radius 2 is 1.86 bits per heavy atom. The molecule has 0 aromatic carbocycles. The predicted octanol–water partition coefficient (Wildman–Crippen LogP) is 3.24. The van der Waals surface area contributed by atoms with Crippen molar-refractivity contribution in [2.24, 2.45) is 16.7 Å². The van der Waals surface area contributed by atoms with E-state index in [2.05, 4.69) is 27.7 Å². The van der Waals surface area contributed by atoms with Gasteiger partial charge in [-0.05, 0) is 30.1 Å². The quantitative estimate of drug-likeness (QED) is 0.593. The molecule has 0 amide bonds. The summed E-state index contributed by atoms with van der Waals surface area (Å²) in [7, 11) is 0. The molecule has 1 atom stereocenters. The number of carbonyl (C=O) groups is 3. The fourth-order valence-electron chi connectivity index (χ4n) is 3.21. The summed E-state index contributed by atoms with van der Waals surface area (Å²) in [6.45, 7) is 8.25. The van der Waals surface area contributed by atoms with Crippen molar-refractivity contribution in [3.8, 4) is 0 Å². The molecule has 0 aromatic heterocycles. The van der Waals surface area contributed by atoms with Crippen LogP contribution in [0.3, 0.4) is 0 Å². The predicted molar refractivity (Wildman–Crippen MR) is 83.2 cm³/mol. The first-order valence-electron chi connectivity index (χ1n) is 8.04. The normalized spacial score (nSPS) is 27.3. The maximum atomic E-state index is 12.2. The van der Waals surface area contributed by atoms with E-state index in [9.17, 15) is 14.4 Å². The van der Waals surface area contributed by atoms with Crippen molar-refractivity contribution >= 4 is 17.5 Å². The van der Waals surface area contributed by atoms with Crippen molar-refractivity contribution in [3.05, 3.63) is 11.6 Å². The molecule has 0 heterocycles. The topological polar surface area (TPSA) is 60.4 Å². The molecule has 0 bridgehead atoms. The minimum absolute atomic E-state index is 0.00863. The van der Waals surface area contributed by atoms with Gasteiger partial charge in [-0.25, -0.2) is 0 Å². The Bertz CT molecular complexity index is 525. The van der Waals surface area contributed by atoms with E-state index in [1.165, 1.54) is 0 Å². The van der Waals surface area contributed by atoms with Crippen LogP contribution < -0.4 is 0 Å². The molecule has 1 saturated carbocycles. The SMILES string of the molecule is CC1(C)C=C(COC(=O)C2CC(C)(C)CCC2=O)C(=O)CC1. The van der Waals surface area contributed by atoms with Gasteiger partial charge in [0.1, 0.15) is 18.3 Å². The second-order valence-corrected chi connectivity index (χ2v) is 8.08. The van der Waals surface area contributed by atoms with Crippen molar-refractivity contribution in [2.45, 2.75) is 59.8 Å². The number of ketones is 2. The van der Waals surface area contributed by atoms with E-state index in [-0.39, 0.29) is 29.0 Å². The molecule has 2 aliphatic rings. The lowest BCUT2D eigenvalue weighted by molar-refractivity contribution is -0.154. The van der Waals surface area contributed by atoms with Crippen LogP contribution in [0.5, 0.6) is 0 Å². The number of Topliss-reactive ketones (excluding diaryl/α,β-unsaturated/α-hetero) is 2. The van der Waals surface area contributed by atoms with Crippen LogP contribution in [0.2, 0.25) is 0 Å². The third kappa shape index (κ3) is 4.05. The molecule has 1 fully saturated rings. The molecule has 2 aliphatic carbocycles. The highest BCUT2D eigenvalue weighted by atomic mass is 16.5. The van der Waals surface area contributed by atoms with Crippen LogP contribution in [0.15, 0.2) is 11.6 Å². The summed E-state index contributed by atoms with van der Waals surface area (Å²) >= 11 is 0. The van der Waals surface area contributed by atoms with Gasteiger partial charge in [-0.1, -0.05) is 33.8 Å². The first-order valence-corrected chi connectivity index (χ1v) is 8.04. The molecule has 4 nitrogen and oxygen atoms in total. The van der Waals surface area contributed by atoms with Gasteiger partial charge in [0.25, 0.3) is 0 Å². The third-order valence-electron chi connectivity index (χ3n) is 4.77. The number of rotatable bonds is 3. The van der Waals surface area contributed by atoms with Gasteiger partial charge in [-0.2, -0.15) is 0 Å². The number of ether oxygens (including phenoxy) is 1.